The fraction of sp³-hybridized carbons (Fsp3) is 0.429. The van der Waals surface area contributed by atoms with E-state index >= 15 is 0 Å². The van der Waals surface area contributed by atoms with Crippen LogP contribution in [0.25, 0.3) is 0 Å². The molecule has 1 aliphatic rings. The highest BCUT2D eigenvalue weighted by Gasteiger charge is 2.13. The summed E-state index contributed by atoms with van der Waals surface area (Å²) < 4.78 is 1.94. The first-order valence-electron chi connectivity index (χ1n) is 6.54. The standard InChI is InChI=1S/C14H18N4/c1-11(10-18-9-3-8-15-18)16-14-7-6-12-4-2-5-13(12)17-14/h3,6-9,11H,2,4-5,10H2,1H3,(H,16,17). The summed E-state index contributed by atoms with van der Waals surface area (Å²) in [5.74, 6) is 0.982. The summed E-state index contributed by atoms with van der Waals surface area (Å²) in [6.45, 7) is 3.00. The number of rotatable bonds is 4. The summed E-state index contributed by atoms with van der Waals surface area (Å²) in [4.78, 5) is 4.68. The van der Waals surface area contributed by atoms with Crippen LogP contribution >= 0.6 is 0 Å². The third-order valence-electron chi connectivity index (χ3n) is 3.34. The Kier molecular flexibility index (Phi) is 3.00. The highest BCUT2D eigenvalue weighted by atomic mass is 15.3. The van der Waals surface area contributed by atoms with E-state index in [2.05, 4.69) is 34.5 Å². The van der Waals surface area contributed by atoms with E-state index in [1.54, 1.807) is 6.20 Å². The van der Waals surface area contributed by atoms with Gasteiger partial charge in [-0.25, -0.2) is 4.98 Å². The molecule has 2 aromatic heterocycles. The smallest absolute Gasteiger partial charge is 0.126 e. The molecular weight excluding hydrogens is 224 g/mol. The highest BCUT2D eigenvalue weighted by Crippen LogP contribution is 2.21. The molecule has 0 fully saturated rings. The lowest BCUT2D eigenvalue weighted by molar-refractivity contribution is 0.559. The van der Waals surface area contributed by atoms with E-state index in [1.165, 1.54) is 24.1 Å². The predicted octanol–water partition coefficient (Wildman–Crippen LogP) is 2.27. The molecule has 0 saturated carbocycles. The Balaban J connectivity index is 1.65. The number of pyridine rings is 1. The van der Waals surface area contributed by atoms with E-state index < -0.39 is 0 Å². The summed E-state index contributed by atoms with van der Waals surface area (Å²) >= 11 is 0. The average molecular weight is 242 g/mol. The minimum atomic E-state index is 0.317. The molecule has 94 valence electrons. The van der Waals surface area contributed by atoms with Crippen molar-refractivity contribution in [2.75, 3.05) is 5.32 Å². The SMILES string of the molecule is CC(Cn1cccn1)Nc1ccc2c(n1)CCC2. The van der Waals surface area contributed by atoms with Crippen molar-refractivity contribution in [2.24, 2.45) is 0 Å². The lowest BCUT2D eigenvalue weighted by Gasteiger charge is -2.15. The van der Waals surface area contributed by atoms with Gasteiger partial charge in [0.2, 0.25) is 0 Å². The second kappa shape index (κ2) is 4.80. The summed E-state index contributed by atoms with van der Waals surface area (Å²) in [6, 6.07) is 6.56. The molecule has 0 aromatic carbocycles. The molecule has 1 aliphatic carbocycles. The molecule has 1 N–H and O–H groups in total. The van der Waals surface area contributed by atoms with Gasteiger partial charge in [0.15, 0.2) is 0 Å². The van der Waals surface area contributed by atoms with Gasteiger partial charge in [0.25, 0.3) is 0 Å². The van der Waals surface area contributed by atoms with Crippen molar-refractivity contribution in [3.8, 4) is 0 Å². The quantitative estimate of drug-likeness (QED) is 0.894. The minimum absolute atomic E-state index is 0.317. The number of aryl methyl sites for hydroxylation is 2. The molecule has 0 amide bonds. The number of hydrogen-bond acceptors (Lipinski definition) is 3. The van der Waals surface area contributed by atoms with Crippen molar-refractivity contribution >= 4 is 5.82 Å². The van der Waals surface area contributed by atoms with Gasteiger partial charge in [-0.3, -0.25) is 4.68 Å². The Morgan fingerprint density at radius 3 is 3.17 bits per heavy atom. The van der Waals surface area contributed by atoms with Crippen LogP contribution in [0.4, 0.5) is 5.82 Å². The Hall–Kier alpha value is -1.84. The zero-order chi connectivity index (χ0) is 12.4. The van der Waals surface area contributed by atoms with Crippen LogP contribution in [0, 0.1) is 0 Å². The van der Waals surface area contributed by atoms with E-state index in [9.17, 15) is 0 Å². The Morgan fingerprint density at radius 2 is 2.33 bits per heavy atom. The number of nitrogens with zero attached hydrogens (tertiary/aromatic N) is 3. The second-order valence-corrected chi connectivity index (χ2v) is 4.93. The van der Waals surface area contributed by atoms with Crippen LogP contribution in [0.3, 0.4) is 0 Å². The first-order valence-corrected chi connectivity index (χ1v) is 6.54. The molecule has 4 heteroatoms. The Bertz CT molecular complexity index is 519. The van der Waals surface area contributed by atoms with Gasteiger partial charge in [0.05, 0.1) is 6.54 Å². The van der Waals surface area contributed by atoms with Crippen molar-refractivity contribution < 1.29 is 0 Å². The lowest BCUT2D eigenvalue weighted by atomic mass is 10.2. The van der Waals surface area contributed by atoms with Gasteiger partial charge >= 0.3 is 0 Å². The average Bonchev–Trinajstić information content (AvgIpc) is 2.98. The van der Waals surface area contributed by atoms with Gasteiger partial charge in [0.1, 0.15) is 5.82 Å². The van der Waals surface area contributed by atoms with Crippen LogP contribution in [-0.4, -0.2) is 20.8 Å². The van der Waals surface area contributed by atoms with Gasteiger partial charge in [-0.1, -0.05) is 6.07 Å². The maximum absolute atomic E-state index is 4.68. The summed E-state index contributed by atoms with van der Waals surface area (Å²) in [6.07, 6.45) is 7.34. The molecule has 4 nitrogen and oxygen atoms in total. The molecule has 1 unspecified atom stereocenters. The molecule has 0 aliphatic heterocycles. The normalized spacial score (nSPS) is 15.4. The number of fused-ring (bicyclic) bond motifs is 1. The molecule has 2 aromatic rings. The van der Waals surface area contributed by atoms with Crippen molar-refractivity contribution in [1.29, 1.82) is 0 Å². The molecule has 3 rings (SSSR count). The number of aromatic nitrogens is 3. The van der Waals surface area contributed by atoms with Crippen LogP contribution in [0.1, 0.15) is 24.6 Å². The topological polar surface area (TPSA) is 42.7 Å². The van der Waals surface area contributed by atoms with E-state index in [0.717, 1.165) is 18.8 Å². The Morgan fingerprint density at radius 1 is 1.39 bits per heavy atom. The Labute approximate surface area is 107 Å². The van der Waals surface area contributed by atoms with Crippen LogP contribution in [-0.2, 0) is 19.4 Å². The van der Waals surface area contributed by atoms with Crippen LogP contribution in [0.5, 0.6) is 0 Å². The third-order valence-corrected chi connectivity index (χ3v) is 3.34. The largest absolute Gasteiger partial charge is 0.366 e. The van der Waals surface area contributed by atoms with E-state index in [-0.39, 0.29) is 0 Å². The first kappa shape index (κ1) is 11.3. The maximum atomic E-state index is 4.68. The first-order chi connectivity index (χ1) is 8.81. The fourth-order valence-electron chi connectivity index (χ4n) is 2.49. The summed E-state index contributed by atoms with van der Waals surface area (Å²) in [5, 5.41) is 7.65. The van der Waals surface area contributed by atoms with Crippen molar-refractivity contribution in [2.45, 2.75) is 38.8 Å². The third kappa shape index (κ3) is 2.37. The van der Waals surface area contributed by atoms with E-state index in [1.807, 2.05) is 16.9 Å². The van der Waals surface area contributed by atoms with Crippen molar-refractivity contribution in [1.82, 2.24) is 14.8 Å². The number of nitrogens with one attached hydrogen (secondary N) is 1. The van der Waals surface area contributed by atoms with E-state index in [4.69, 9.17) is 0 Å². The van der Waals surface area contributed by atoms with Crippen molar-refractivity contribution in [3.05, 3.63) is 41.9 Å². The van der Waals surface area contributed by atoms with Gasteiger partial charge in [-0.15, -0.1) is 0 Å². The van der Waals surface area contributed by atoms with E-state index in [0.29, 0.717) is 6.04 Å². The zero-order valence-corrected chi connectivity index (χ0v) is 10.6. The number of hydrogen-bond donors (Lipinski definition) is 1. The minimum Gasteiger partial charge on any atom is -0.366 e. The molecule has 1 atom stereocenters. The van der Waals surface area contributed by atoms with Gasteiger partial charge in [-0.2, -0.15) is 5.10 Å². The predicted molar refractivity (Wildman–Crippen MR) is 71.6 cm³/mol. The molecule has 0 saturated heterocycles. The maximum Gasteiger partial charge on any atom is 0.126 e. The van der Waals surface area contributed by atoms with Gasteiger partial charge in [0, 0.05) is 24.1 Å². The molecule has 0 spiro atoms. The van der Waals surface area contributed by atoms with Crippen LogP contribution in [0.15, 0.2) is 30.6 Å². The molecular formula is C14H18N4. The second-order valence-electron chi connectivity index (χ2n) is 4.93. The van der Waals surface area contributed by atoms with Crippen LogP contribution in [0.2, 0.25) is 0 Å². The zero-order valence-electron chi connectivity index (χ0n) is 10.6. The fourth-order valence-corrected chi connectivity index (χ4v) is 2.49. The van der Waals surface area contributed by atoms with Gasteiger partial charge < -0.3 is 5.32 Å². The van der Waals surface area contributed by atoms with Crippen LogP contribution < -0.4 is 5.32 Å². The highest BCUT2D eigenvalue weighted by molar-refractivity contribution is 5.41. The lowest BCUT2D eigenvalue weighted by Crippen LogP contribution is -2.22. The molecule has 0 radical (unpaired) electrons. The molecule has 18 heavy (non-hydrogen) atoms. The van der Waals surface area contributed by atoms with Crippen molar-refractivity contribution in [3.63, 3.8) is 0 Å². The summed E-state index contributed by atoms with van der Waals surface area (Å²) in [7, 11) is 0. The summed E-state index contributed by atoms with van der Waals surface area (Å²) in [5.41, 5.74) is 2.69. The molecule has 2 heterocycles. The monoisotopic (exact) mass is 242 g/mol. The molecule has 0 bridgehead atoms. The van der Waals surface area contributed by atoms with Gasteiger partial charge in [-0.05, 0) is 43.9 Å². The number of anilines is 1.